The van der Waals surface area contributed by atoms with Crippen molar-refractivity contribution in [3.8, 4) is 0 Å². The molecule has 0 spiro atoms. The van der Waals surface area contributed by atoms with Crippen LogP contribution in [0.4, 0.5) is 5.95 Å². The van der Waals surface area contributed by atoms with Crippen molar-refractivity contribution in [3.05, 3.63) is 58.1 Å². The first-order valence-electron chi connectivity index (χ1n) is 7.39. The lowest BCUT2D eigenvalue weighted by Gasteiger charge is -2.04. The van der Waals surface area contributed by atoms with Crippen molar-refractivity contribution < 1.29 is 13.2 Å². The van der Waals surface area contributed by atoms with E-state index in [0.717, 1.165) is 21.4 Å². The summed E-state index contributed by atoms with van der Waals surface area (Å²) in [5.74, 6) is -0.436. The Labute approximate surface area is 162 Å². The number of carbonyl (C=O) groups excluding carboxylic acids is 1. The number of anilines is 1. The van der Waals surface area contributed by atoms with Gasteiger partial charge in [0.05, 0.1) is 13.1 Å². The van der Waals surface area contributed by atoms with Gasteiger partial charge in [-0.25, -0.2) is 22.8 Å². The van der Waals surface area contributed by atoms with E-state index in [9.17, 15) is 13.2 Å². The van der Waals surface area contributed by atoms with E-state index in [1.54, 1.807) is 16.1 Å². The van der Waals surface area contributed by atoms with Crippen LogP contribution in [0.5, 0.6) is 0 Å². The summed E-state index contributed by atoms with van der Waals surface area (Å²) in [5, 5.41) is 8.26. The van der Waals surface area contributed by atoms with Crippen LogP contribution in [0, 0.1) is 0 Å². The Morgan fingerprint density at radius 1 is 1.23 bits per heavy atom. The summed E-state index contributed by atoms with van der Waals surface area (Å²) in [6.45, 7) is 0.0998. The molecule has 2 N–H and O–H groups in total. The Balaban J connectivity index is 1.53. The second kappa shape index (κ2) is 8.08. The molecule has 3 aromatic rings. The lowest BCUT2D eigenvalue weighted by Crippen LogP contribution is -2.32. The molecule has 3 rings (SSSR count). The van der Waals surface area contributed by atoms with Crippen LogP contribution in [0.3, 0.4) is 0 Å². The van der Waals surface area contributed by atoms with E-state index in [0.29, 0.717) is 6.54 Å². The monoisotopic (exact) mass is 455 g/mol. The van der Waals surface area contributed by atoms with Gasteiger partial charge in [-0.15, -0.1) is 16.4 Å². The molecule has 2 heterocycles. The van der Waals surface area contributed by atoms with Crippen molar-refractivity contribution in [1.82, 2.24) is 19.5 Å². The fourth-order valence-electron chi connectivity index (χ4n) is 2.02. The largest absolute Gasteiger partial charge is 0.292 e. The Kier molecular flexibility index (Phi) is 5.81. The fourth-order valence-corrected chi connectivity index (χ4v) is 4.31. The van der Waals surface area contributed by atoms with Crippen molar-refractivity contribution in [2.75, 3.05) is 11.9 Å². The molecule has 11 heteroatoms. The normalized spacial score (nSPS) is 11.4. The van der Waals surface area contributed by atoms with E-state index in [4.69, 9.17) is 0 Å². The highest BCUT2D eigenvalue weighted by atomic mass is 79.9. The van der Waals surface area contributed by atoms with Crippen molar-refractivity contribution >= 4 is 49.1 Å². The van der Waals surface area contributed by atoms with Crippen molar-refractivity contribution in [3.63, 3.8) is 0 Å². The number of halogens is 1. The quantitative estimate of drug-likeness (QED) is 0.566. The highest BCUT2D eigenvalue weighted by Gasteiger charge is 2.17. The summed E-state index contributed by atoms with van der Waals surface area (Å²) in [6, 6.07) is 10.8. The maximum absolute atomic E-state index is 12.0. The number of sulfonamides is 1. The minimum atomic E-state index is -3.69. The highest BCUT2D eigenvalue weighted by Crippen LogP contribution is 2.15. The Hall–Kier alpha value is -2.08. The summed E-state index contributed by atoms with van der Waals surface area (Å²) in [7, 11) is -3.69. The van der Waals surface area contributed by atoms with Crippen LogP contribution < -0.4 is 10.0 Å². The predicted octanol–water partition coefficient (Wildman–Crippen LogP) is 2.07. The first kappa shape index (κ1) is 18.7. The Morgan fingerprint density at radius 2 is 2.00 bits per heavy atom. The number of aromatic nitrogens is 3. The number of carbonyl (C=O) groups is 1. The lowest BCUT2D eigenvalue weighted by molar-refractivity contribution is -0.115. The fraction of sp³-hybridized carbons (Fsp3) is 0.133. The van der Waals surface area contributed by atoms with E-state index in [1.165, 1.54) is 12.4 Å². The average molecular weight is 456 g/mol. The minimum Gasteiger partial charge on any atom is -0.292 e. The molecule has 2 aromatic heterocycles. The molecule has 0 atom stereocenters. The molecule has 0 fully saturated rings. The minimum absolute atomic E-state index is 0.113. The zero-order chi connectivity index (χ0) is 18.6. The van der Waals surface area contributed by atoms with Crippen LogP contribution in [0.2, 0.25) is 0 Å². The third kappa shape index (κ3) is 4.97. The number of nitrogens with one attached hydrogen (secondary N) is 2. The number of hydrogen-bond acceptors (Lipinski definition) is 6. The number of nitrogens with zero attached hydrogens (tertiary/aromatic N) is 3. The Bertz CT molecular complexity index is 985. The molecule has 0 aliphatic rings. The molecule has 136 valence electrons. The molecule has 0 saturated carbocycles. The van der Waals surface area contributed by atoms with Gasteiger partial charge in [0.2, 0.25) is 11.9 Å². The summed E-state index contributed by atoms with van der Waals surface area (Å²) in [6.07, 6.45) is 1.49. The molecule has 0 saturated heterocycles. The van der Waals surface area contributed by atoms with Crippen LogP contribution in [0.25, 0.3) is 0 Å². The van der Waals surface area contributed by atoms with Gasteiger partial charge in [0.25, 0.3) is 10.0 Å². The first-order valence-corrected chi connectivity index (χ1v) is 10.5. The molecule has 0 aliphatic heterocycles. The predicted molar refractivity (Wildman–Crippen MR) is 101 cm³/mol. The zero-order valence-corrected chi connectivity index (χ0v) is 16.5. The van der Waals surface area contributed by atoms with Crippen molar-refractivity contribution in [1.29, 1.82) is 0 Å². The molecule has 0 aliphatic carbocycles. The number of thiophene rings is 1. The van der Waals surface area contributed by atoms with Gasteiger partial charge in [-0.3, -0.25) is 10.1 Å². The zero-order valence-electron chi connectivity index (χ0n) is 13.3. The molecule has 1 amide bonds. The number of benzene rings is 1. The van der Waals surface area contributed by atoms with Gasteiger partial charge in [-0.2, -0.15) is 0 Å². The van der Waals surface area contributed by atoms with Crippen LogP contribution in [-0.4, -0.2) is 35.6 Å². The van der Waals surface area contributed by atoms with Crippen molar-refractivity contribution in [2.24, 2.45) is 0 Å². The summed E-state index contributed by atoms with van der Waals surface area (Å²) >= 11 is 4.45. The topological polar surface area (TPSA) is 106 Å². The molecular weight excluding hydrogens is 442 g/mol. The van der Waals surface area contributed by atoms with Gasteiger partial charge in [0, 0.05) is 4.47 Å². The van der Waals surface area contributed by atoms with E-state index in [-0.39, 0.29) is 10.2 Å². The smallest absolute Gasteiger partial charge is 0.250 e. The molecule has 0 radical (unpaired) electrons. The van der Waals surface area contributed by atoms with Gasteiger partial charge < -0.3 is 0 Å². The third-order valence-electron chi connectivity index (χ3n) is 3.23. The van der Waals surface area contributed by atoms with Gasteiger partial charge >= 0.3 is 0 Å². The van der Waals surface area contributed by atoms with Gasteiger partial charge in [-0.1, -0.05) is 34.1 Å². The summed E-state index contributed by atoms with van der Waals surface area (Å²) in [4.78, 5) is 15.9. The molecule has 26 heavy (non-hydrogen) atoms. The number of hydrogen-bond donors (Lipinski definition) is 2. The second-order valence-electron chi connectivity index (χ2n) is 5.20. The highest BCUT2D eigenvalue weighted by molar-refractivity contribution is 9.10. The molecule has 1 aromatic carbocycles. The Morgan fingerprint density at radius 3 is 2.69 bits per heavy atom. The van der Waals surface area contributed by atoms with Gasteiger partial charge in [-0.05, 0) is 29.1 Å². The first-order chi connectivity index (χ1) is 12.4. The summed E-state index contributed by atoms with van der Waals surface area (Å²) < 4.78 is 28.9. The van der Waals surface area contributed by atoms with Gasteiger partial charge in [0.1, 0.15) is 10.5 Å². The second-order valence-corrected chi connectivity index (χ2v) is 9.05. The van der Waals surface area contributed by atoms with Crippen LogP contribution in [-0.2, 0) is 21.4 Å². The van der Waals surface area contributed by atoms with Crippen molar-refractivity contribution in [2.45, 2.75) is 10.8 Å². The van der Waals surface area contributed by atoms with E-state index in [2.05, 4.69) is 36.1 Å². The number of amides is 1. The van der Waals surface area contributed by atoms with Gasteiger partial charge in [0.15, 0.2) is 0 Å². The van der Waals surface area contributed by atoms with E-state index < -0.39 is 22.5 Å². The standard InChI is InChI=1S/C15H14BrN5O3S2/c16-12-5-3-11(4-6-12)9-21-10-17-15(20-21)19-13(22)8-18-26(23,24)14-2-1-7-25-14/h1-7,10,18H,8-9H2,(H,19,20,22). The maximum Gasteiger partial charge on any atom is 0.250 e. The molecule has 8 nitrogen and oxygen atoms in total. The lowest BCUT2D eigenvalue weighted by atomic mass is 10.2. The van der Waals surface area contributed by atoms with Crippen LogP contribution >= 0.6 is 27.3 Å². The maximum atomic E-state index is 12.0. The average Bonchev–Trinajstić information content (AvgIpc) is 3.28. The third-order valence-corrected chi connectivity index (χ3v) is 6.56. The van der Waals surface area contributed by atoms with Crippen LogP contribution in [0.15, 0.2) is 56.8 Å². The number of rotatable bonds is 7. The molecular formula is C15H14BrN5O3S2. The SMILES string of the molecule is O=C(CNS(=O)(=O)c1cccs1)Nc1ncn(Cc2ccc(Br)cc2)n1. The summed E-state index contributed by atoms with van der Waals surface area (Å²) in [5.41, 5.74) is 1.03. The van der Waals surface area contributed by atoms with E-state index in [1.807, 2.05) is 24.3 Å². The van der Waals surface area contributed by atoms with Crippen LogP contribution in [0.1, 0.15) is 5.56 Å². The van der Waals surface area contributed by atoms with E-state index >= 15 is 0 Å². The molecule has 0 unspecified atom stereocenters. The molecule has 0 bridgehead atoms.